The van der Waals surface area contributed by atoms with Crippen LogP contribution >= 0.6 is 0 Å². The molecule has 0 saturated heterocycles. The summed E-state index contributed by atoms with van der Waals surface area (Å²) in [5.41, 5.74) is 0.870. The maximum Gasteiger partial charge on any atom is 0.321 e. The molecular formula is C16H21N3O3. The number of aliphatic carboxylic acids is 1. The van der Waals surface area contributed by atoms with Gasteiger partial charge in [-0.1, -0.05) is 19.1 Å². The number of nitrogens with one attached hydrogen (secondary N) is 1. The second-order valence-corrected chi connectivity index (χ2v) is 5.86. The van der Waals surface area contributed by atoms with Gasteiger partial charge in [-0.25, -0.2) is 4.79 Å². The Bertz CT molecular complexity index is 588. The van der Waals surface area contributed by atoms with E-state index in [1.807, 2.05) is 13.8 Å². The first-order valence-electron chi connectivity index (χ1n) is 6.94. The van der Waals surface area contributed by atoms with Gasteiger partial charge in [-0.05, 0) is 31.5 Å². The molecule has 6 heteroatoms. The first-order valence-corrected chi connectivity index (χ1v) is 6.94. The molecule has 0 spiro atoms. The molecule has 0 radical (unpaired) electrons. The number of anilines is 1. The van der Waals surface area contributed by atoms with E-state index in [-0.39, 0.29) is 12.6 Å². The van der Waals surface area contributed by atoms with Crippen molar-refractivity contribution in [3.05, 3.63) is 29.8 Å². The van der Waals surface area contributed by atoms with E-state index in [0.29, 0.717) is 5.69 Å². The quantitative estimate of drug-likeness (QED) is 0.874. The van der Waals surface area contributed by atoms with Crippen LogP contribution in [0.3, 0.4) is 0 Å². The van der Waals surface area contributed by atoms with Crippen LogP contribution in [0.15, 0.2) is 24.3 Å². The summed E-state index contributed by atoms with van der Waals surface area (Å²) in [5.74, 6) is -1.57. The summed E-state index contributed by atoms with van der Waals surface area (Å²) in [6.07, 6.45) is 0. The second-order valence-electron chi connectivity index (χ2n) is 5.86. The van der Waals surface area contributed by atoms with Gasteiger partial charge in [0.15, 0.2) is 0 Å². The van der Waals surface area contributed by atoms with Gasteiger partial charge in [0.05, 0.1) is 17.4 Å². The molecule has 1 atom stereocenters. The lowest BCUT2D eigenvalue weighted by Gasteiger charge is -2.20. The summed E-state index contributed by atoms with van der Waals surface area (Å²) in [5, 5.41) is 20.6. The van der Waals surface area contributed by atoms with Crippen molar-refractivity contribution in [1.82, 2.24) is 4.90 Å². The monoisotopic (exact) mass is 303 g/mol. The minimum Gasteiger partial charge on any atom is -0.481 e. The van der Waals surface area contributed by atoms with Gasteiger partial charge < -0.3 is 15.3 Å². The molecule has 0 aliphatic heterocycles. The predicted molar refractivity (Wildman–Crippen MR) is 83.5 cm³/mol. The normalized spacial score (nSPS) is 12.1. The van der Waals surface area contributed by atoms with Crippen LogP contribution in [0.2, 0.25) is 0 Å². The third kappa shape index (κ3) is 4.48. The minimum atomic E-state index is -0.942. The highest BCUT2D eigenvalue weighted by Crippen LogP contribution is 2.23. The summed E-state index contributed by atoms with van der Waals surface area (Å²) < 4.78 is 0. The van der Waals surface area contributed by atoms with Crippen molar-refractivity contribution in [2.75, 3.05) is 18.9 Å². The molecule has 0 aliphatic rings. The second kappa shape index (κ2) is 6.94. The topological polar surface area (TPSA) is 93.4 Å². The summed E-state index contributed by atoms with van der Waals surface area (Å²) in [4.78, 5) is 24.1. The van der Waals surface area contributed by atoms with Gasteiger partial charge in [-0.2, -0.15) is 5.26 Å². The number of benzene rings is 1. The van der Waals surface area contributed by atoms with Crippen LogP contribution in [0.4, 0.5) is 10.5 Å². The zero-order valence-corrected chi connectivity index (χ0v) is 13.3. The van der Waals surface area contributed by atoms with Gasteiger partial charge in [-0.15, -0.1) is 0 Å². The van der Waals surface area contributed by atoms with Gasteiger partial charge in [0.25, 0.3) is 0 Å². The fourth-order valence-corrected chi connectivity index (χ4v) is 1.83. The Morgan fingerprint density at radius 3 is 2.36 bits per heavy atom. The maximum absolute atomic E-state index is 12.0. The largest absolute Gasteiger partial charge is 0.481 e. The van der Waals surface area contributed by atoms with Crippen LogP contribution < -0.4 is 5.32 Å². The number of carboxylic acids is 1. The molecule has 118 valence electrons. The summed E-state index contributed by atoms with van der Waals surface area (Å²) >= 11 is 0. The average Bonchev–Trinajstić information content (AvgIpc) is 2.47. The highest BCUT2D eigenvalue weighted by atomic mass is 16.4. The number of amides is 2. The third-order valence-electron chi connectivity index (χ3n) is 3.45. The summed E-state index contributed by atoms with van der Waals surface area (Å²) in [7, 11) is 1.54. The van der Waals surface area contributed by atoms with E-state index >= 15 is 0 Å². The number of urea groups is 1. The number of nitrogens with zero attached hydrogens (tertiary/aromatic N) is 2. The summed E-state index contributed by atoms with van der Waals surface area (Å²) in [6, 6.07) is 8.87. The third-order valence-corrected chi connectivity index (χ3v) is 3.45. The van der Waals surface area contributed by atoms with Gasteiger partial charge in [0.1, 0.15) is 0 Å². The highest BCUT2D eigenvalue weighted by Gasteiger charge is 2.20. The molecular weight excluding hydrogens is 282 g/mol. The fraction of sp³-hybridized carbons (Fsp3) is 0.438. The van der Waals surface area contributed by atoms with Crippen LogP contribution in [0, 0.1) is 17.2 Å². The molecule has 1 aromatic carbocycles. The smallest absolute Gasteiger partial charge is 0.321 e. The zero-order chi connectivity index (χ0) is 16.9. The Balaban J connectivity index is 2.70. The molecule has 1 aromatic rings. The molecule has 1 unspecified atom stereocenters. The van der Waals surface area contributed by atoms with Crippen molar-refractivity contribution in [2.45, 2.75) is 26.2 Å². The van der Waals surface area contributed by atoms with E-state index < -0.39 is 17.3 Å². The molecule has 2 amide bonds. The molecule has 0 saturated carbocycles. The van der Waals surface area contributed by atoms with Crippen LogP contribution in [0.1, 0.15) is 26.3 Å². The molecule has 0 bridgehead atoms. The lowest BCUT2D eigenvalue weighted by atomic mass is 9.86. The van der Waals surface area contributed by atoms with E-state index in [1.165, 1.54) is 4.90 Å². The number of hydrogen-bond acceptors (Lipinski definition) is 3. The van der Waals surface area contributed by atoms with E-state index in [0.717, 1.165) is 5.56 Å². The van der Waals surface area contributed by atoms with Crippen LogP contribution in [-0.2, 0) is 10.2 Å². The van der Waals surface area contributed by atoms with Crippen molar-refractivity contribution in [3.63, 3.8) is 0 Å². The van der Waals surface area contributed by atoms with Crippen molar-refractivity contribution < 1.29 is 14.7 Å². The fourth-order valence-electron chi connectivity index (χ4n) is 1.83. The van der Waals surface area contributed by atoms with E-state index in [9.17, 15) is 9.59 Å². The Labute approximate surface area is 130 Å². The molecule has 22 heavy (non-hydrogen) atoms. The van der Waals surface area contributed by atoms with Gasteiger partial charge in [0, 0.05) is 19.3 Å². The predicted octanol–water partition coefficient (Wildman–Crippen LogP) is 2.67. The molecule has 2 N–H and O–H groups in total. The van der Waals surface area contributed by atoms with Gasteiger partial charge in [0.2, 0.25) is 0 Å². The number of nitriles is 1. The molecule has 6 nitrogen and oxygen atoms in total. The number of carboxylic acid groups (broad SMARTS) is 1. The van der Waals surface area contributed by atoms with Crippen molar-refractivity contribution in [1.29, 1.82) is 5.26 Å². The van der Waals surface area contributed by atoms with Gasteiger partial charge >= 0.3 is 12.0 Å². The Kier molecular flexibility index (Phi) is 5.52. The molecule has 0 heterocycles. The average molecular weight is 303 g/mol. The Morgan fingerprint density at radius 2 is 1.91 bits per heavy atom. The first kappa shape index (κ1) is 17.5. The molecule has 0 aliphatic carbocycles. The lowest BCUT2D eigenvalue weighted by molar-refractivity contribution is -0.141. The van der Waals surface area contributed by atoms with Crippen molar-refractivity contribution in [2.24, 2.45) is 5.92 Å². The summed E-state index contributed by atoms with van der Waals surface area (Å²) in [6.45, 7) is 5.31. The minimum absolute atomic E-state index is 0.126. The Morgan fingerprint density at radius 1 is 1.36 bits per heavy atom. The number of rotatable bonds is 5. The molecule has 1 rings (SSSR count). The maximum atomic E-state index is 12.0. The molecule has 0 aromatic heterocycles. The highest BCUT2D eigenvalue weighted by molar-refractivity contribution is 5.89. The van der Waals surface area contributed by atoms with Crippen LogP contribution in [0.25, 0.3) is 0 Å². The van der Waals surface area contributed by atoms with E-state index in [1.54, 1.807) is 38.2 Å². The number of hydrogen-bond donors (Lipinski definition) is 2. The SMILES string of the molecule is CC(CN(C)C(=O)Nc1ccc(C(C)(C)C#N)cc1)C(=O)O. The van der Waals surface area contributed by atoms with Gasteiger partial charge in [-0.3, -0.25) is 4.79 Å². The lowest BCUT2D eigenvalue weighted by Crippen LogP contribution is -2.36. The standard InChI is InChI=1S/C16H21N3O3/c1-11(14(20)21)9-19(4)15(22)18-13-7-5-12(6-8-13)16(2,3)10-17/h5-8,11H,9H2,1-4H3,(H,18,22)(H,20,21). The Hall–Kier alpha value is -2.55. The van der Waals surface area contributed by atoms with E-state index in [2.05, 4.69) is 11.4 Å². The number of carbonyl (C=O) groups excluding carboxylic acids is 1. The number of carbonyl (C=O) groups is 2. The molecule has 0 fully saturated rings. The first-order chi connectivity index (χ1) is 10.2. The van der Waals surface area contributed by atoms with Crippen LogP contribution in [-0.4, -0.2) is 35.6 Å². The van der Waals surface area contributed by atoms with Crippen molar-refractivity contribution in [3.8, 4) is 6.07 Å². The van der Waals surface area contributed by atoms with Crippen LogP contribution in [0.5, 0.6) is 0 Å². The zero-order valence-electron chi connectivity index (χ0n) is 13.3. The van der Waals surface area contributed by atoms with Crippen molar-refractivity contribution >= 4 is 17.7 Å². The van der Waals surface area contributed by atoms with E-state index in [4.69, 9.17) is 10.4 Å².